The molecule has 0 atom stereocenters. The number of nitrogens with one attached hydrogen (secondary N) is 1. The van der Waals surface area contributed by atoms with Crippen molar-refractivity contribution in [2.75, 3.05) is 23.7 Å². The summed E-state index contributed by atoms with van der Waals surface area (Å²) in [6.07, 6.45) is 1.09. The van der Waals surface area contributed by atoms with E-state index in [1.54, 1.807) is 12.1 Å². The van der Waals surface area contributed by atoms with Crippen LogP contribution in [0.15, 0.2) is 22.7 Å². The lowest BCUT2D eigenvalue weighted by molar-refractivity contribution is -0.119. The first-order valence-electron chi connectivity index (χ1n) is 6.62. The zero-order valence-electron chi connectivity index (χ0n) is 12.7. The molecule has 1 aromatic carbocycles. The van der Waals surface area contributed by atoms with Gasteiger partial charge in [0.1, 0.15) is 6.54 Å². The molecule has 7 heteroatoms. The molecule has 0 fully saturated rings. The molecule has 0 aliphatic rings. The monoisotopic (exact) mass is 376 g/mol. The molecule has 0 saturated carbocycles. The molecule has 1 amide bonds. The minimum Gasteiger partial charge on any atom is -0.354 e. The van der Waals surface area contributed by atoms with Crippen LogP contribution < -0.4 is 9.62 Å². The van der Waals surface area contributed by atoms with Crippen molar-refractivity contribution >= 4 is 37.5 Å². The second-order valence-corrected chi connectivity index (χ2v) is 8.16. The smallest absolute Gasteiger partial charge is 0.240 e. The minimum atomic E-state index is -3.53. The highest BCUT2D eigenvalue weighted by molar-refractivity contribution is 9.10. The number of halogens is 1. The fourth-order valence-electron chi connectivity index (χ4n) is 1.64. The maximum absolute atomic E-state index is 11.9. The summed E-state index contributed by atoms with van der Waals surface area (Å²) >= 11 is 3.38. The van der Waals surface area contributed by atoms with Crippen LogP contribution in [0.25, 0.3) is 0 Å². The molecule has 0 unspecified atom stereocenters. The summed E-state index contributed by atoms with van der Waals surface area (Å²) in [7, 11) is -3.53. The van der Waals surface area contributed by atoms with Crippen LogP contribution in [-0.4, -0.2) is 33.7 Å². The molecular weight excluding hydrogens is 356 g/mol. The van der Waals surface area contributed by atoms with Gasteiger partial charge in [-0.15, -0.1) is 0 Å². The first-order chi connectivity index (χ1) is 9.61. The van der Waals surface area contributed by atoms with Crippen molar-refractivity contribution in [3.05, 3.63) is 28.2 Å². The first kappa shape index (κ1) is 18.0. The predicted octanol–water partition coefficient (Wildman–Crippen LogP) is 2.30. The highest BCUT2D eigenvalue weighted by Gasteiger charge is 2.21. The van der Waals surface area contributed by atoms with Gasteiger partial charge in [0, 0.05) is 11.0 Å². The van der Waals surface area contributed by atoms with Crippen LogP contribution in [0.1, 0.15) is 19.4 Å². The van der Waals surface area contributed by atoms with E-state index in [-0.39, 0.29) is 12.5 Å². The van der Waals surface area contributed by atoms with Crippen molar-refractivity contribution in [2.45, 2.75) is 20.8 Å². The number of carbonyl (C=O) groups excluding carboxylic acids is 1. The van der Waals surface area contributed by atoms with Crippen molar-refractivity contribution in [3.8, 4) is 0 Å². The van der Waals surface area contributed by atoms with Crippen molar-refractivity contribution < 1.29 is 13.2 Å². The third-order valence-electron chi connectivity index (χ3n) is 2.84. The van der Waals surface area contributed by atoms with Gasteiger partial charge >= 0.3 is 0 Å². The second-order valence-electron chi connectivity index (χ2n) is 5.40. The minimum absolute atomic E-state index is 0.221. The molecule has 118 valence electrons. The van der Waals surface area contributed by atoms with E-state index in [2.05, 4.69) is 21.2 Å². The zero-order chi connectivity index (χ0) is 16.2. The number of benzene rings is 1. The van der Waals surface area contributed by atoms with Crippen LogP contribution in [0.5, 0.6) is 0 Å². The first-order valence-corrected chi connectivity index (χ1v) is 9.26. The fourth-order valence-corrected chi connectivity index (χ4v) is 2.86. The van der Waals surface area contributed by atoms with Gasteiger partial charge in [-0.05, 0) is 30.5 Å². The zero-order valence-corrected chi connectivity index (χ0v) is 15.1. The highest BCUT2D eigenvalue weighted by Crippen LogP contribution is 2.25. The maximum atomic E-state index is 11.9. The van der Waals surface area contributed by atoms with Crippen molar-refractivity contribution in [3.63, 3.8) is 0 Å². The number of sulfonamides is 1. The summed E-state index contributed by atoms with van der Waals surface area (Å²) < 4.78 is 25.8. The van der Waals surface area contributed by atoms with Gasteiger partial charge in [0.25, 0.3) is 0 Å². The van der Waals surface area contributed by atoms with Crippen LogP contribution in [0.3, 0.4) is 0 Å². The molecule has 0 aromatic heterocycles. The Bertz CT molecular complexity index is 615. The Morgan fingerprint density at radius 1 is 1.38 bits per heavy atom. The van der Waals surface area contributed by atoms with Gasteiger partial charge in [0.05, 0.1) is 11.9 Å². The molecule has 0 heterocycles. The number of anilines is 1. The van der Waals surface area contributed by atoms with Crippen molar-refractivity contribution in [2.24, 2.45) is 5.92 Å². The van der Waals surface area contributed by atoms with Gasteiger partial charge in [-0.2, -0.15) is 0 Å². The third kappa shape index (κ3) is 5.67. The molecule has 0 bridgehead atoms. The topological polar surface area (TPSA) is 66.5 Å². The van der Waals surface area contributed by atoms with E-state index in [4.69, 9.17) is 0 Å². The van der Waals surface area contributed by atoms with E-state index < -0.39 is 10.0 Å². The third-order valence-corrected chi connectivity index (χ3v) is 4.83. The van der Waals surface area contributed by atoms with Gasteiger partial charge in [0.2, 0.25) is 15.9 Å². The fraction of sp³-hybridized carbons (Fsp3) is 0.500. The summed E-state index contributed by atoms with van der Waals surface area (Å²) in [6, 6.07) is 5.20. The Hall–Kier alpha value is -1.08. The number of hydrogen-bond acceptors (Lipinski definition) is 3. The predicted molar refractivity (Wildman–Crippen MR) is 88.9 cm³/mol. The van der Waals surface area contributed by atoms with Crippen LogP contribution in [0, 0.1) is 12.8 Å². The van der Waals surface area contributed by atoms with Crippen LogP contribution in [0.2, 0.25) is 0 Å². The average molecular weight is 377 g/mol. The largest absolute Gasteiger partial charge is 0.354 e. The van der Waals surface area contributed by atoms with Crippen LogP contribution >= 0.6 is 15.9 Å². The van der Waals surface area contributed by atoms with E-state index in [0.717, 1.165) is 20.6 Å². The molecule has 0 aliphatic heterocycles. The Morgan fingerprint density at radius 2 is 2.00 bits per heavy atom. The van der Waals surface area contributed by atoms with Crippen molar-refractivity contribution in [1.29, 1.82) is 0 Å². The number of nitrogens with zero attached hydrogens (tertiary/aromatic N) is 1. The highest BCUT2D eigenvalue weighted by atomic mass is 79.9. The summed E-state index contributed by atoms with van der Waals surface area (Å²) in [5.74, 6) is -0.0000227. The number of hydrogen-bond donors (Lipinski definition) is 1. The van der Waals surface area contributed by atoms with Crippen LogP contribution in [0.4, 0.5) is 5.69 Å². The Labute approximate surface area is 134 Å². The van der Waals surface area contributed by atoms with E-state index >= 15 is 0 Å². The summed E-state index contributed by atoms with van der Waals surface area (Å²) in [5.41, 5.74) is 1.46. The molecule has 21 heavy (non-hydrogen) atoms. The number of rotatable bonds is 6. The molecule has 0 aliphatic carbocycles. The van der Waals surface area contributed by atoms with Gasteiger partial charge < -0.3 is 5.32 Å². The van der Waals surface area contributed by atoms with Gasteiger partial charge in [-0.3, -0.25) is 9.10 Å². The molecule has 1 aromatic rings. The number of aryl methyl sites for hydroxylation is 1. The molecule has 0 spiro atoms. The summed E-state index contributed by atoms with van der Waals surface area (Å²) in [6.45, 7) is 6.17. The molecule has 1 N–H and O–H groups in total. The number of carbonyl (C=O) groups is 1. The average Bonchev–Trinajstić information content (AvgIpc) is 2.35. The Kier molecular flexibility index (Phi) is 6.22. The van der Waals surface area contributed by atoms with Crippen molar-refractivity contribution in [1.82, 2.24) is 5.32 Å². The summed E-state index contributed by atoms with van der Waals surface area (Å²) in [5, 5.41) is 2.72. The molecule has 0 saturated heterocycles. The Morgan fingerprint density at radius 3 is 2.48 bits per heavy atom. The second kappa shape index (κ2) is 7.26. The maximum Gasteiger partial charge on any atom is 0.240 e. The molecule has 1 rings (SSSR count). The van der Waals surface area contributed by atoms with E-state index in [1.807, 2.05) is 26.8 Å². The van der Waals surface area contributed by atoms with Gasteiger partial charge in [0.15, 0.2) is 0 Å². The Balaban J connectivity index is 2.97. The lowest BCUT2D eigenvalue weighted by Gasteiger charge is -2.22. The number of amides is 1. The standard InChI is InChI=1S/C14H21BrN2O3S/c1-10(2)8-16-14(18)9-17(21(4,19)20)12-6-5-11(3)13(15)7-12/h5-7,10H,8-9H2,1-4H3,(H,16,18). The quantitative estimate of drug-likeness (QED) is 0.827. The van der Waals surface area contributed by atoms with E-state index in [1.165, 1.54) is 0 Å². The lowest BCUT2D eigenvalue weighted by atomic mass is 10.2. The van der Waals surface area contributed by atoms with Gasteiger partial charge in [-0.25, -0.2) is 8.42 Å². The SMILES string of the molecule is Cc1ccc(N(CC(=O)NCC(C)C)S(C)(=O)=O)cc1Br. The molecule has 0 radical (unpaired) electrons. The molecular formula is C14H21BrN2O3S. The van der Waals surface area contributed by atoms with E-state index in [0.29, 0.717) is 18.2 Å². The normalized spacial score (nSPS) is 11.5. The van der Waals surface area contributed by atoms with Crippen LogP contribution in [-0.2, 0) is 14.8 Å². The van der Waals surface area contributed by atoms with Gasteiger partial charge in [-0.1, -0.05) is 35.8 Å². The lowest BCUT2D eigenvalue weighted by Crippen LogP contribution is -2.41. The summed E-state index contributed by atoms with van der Waals surface area (Å²) in [4.78, 5) is 11.9. The van der Waals surface area contributed by atoms with E-state index in [9.17, 15) is 13.2 Å². The molecule has 5 nitrogen and oxygen atoms in total.